The second kappa shape index (κ2) is 7.97. The molecule has 0 atom stereocenters. The first-order chi connectivity index (χ1) is 12.5. The number of imidazole rings is 1. The van der Waals surface area contributed by atoms with Gasteiger partial charge in [0.2, 0.25) is 0 Å². The van der Waals surface area contributed by atoms with E-state index in [-0.39, 0.29) is 18.3 Å². The van der Waals surface area contributed by atoms with Crippen LogP contribution in [0.4, 0.5) is 4.39 Å². The van der Waals surface area contributed by atoms with Crippen molar-refractivity contribution < 1.29 is 9.18 Å². The van der Waals surface area contributed by atoms with Crippen molar-refractivity contribution in [1.82, 2.24) is 14.5 Å². The number of H-pyrrole nitrogens is 1. The van der Waals surface area contributed by atoms with Crippen molar-refractivity contribution >= 4 is 34.1 Å². The van der Waals surface area contributed by atoms with Gasteiger partial charge in [0.05, 0.1) is 0 Å². The van der Waals surface area contributed by atoms with Gasteiger partial charge >= 0.3 is 0 Å². The summed E-state index contributed by atoms with van der Waals surface area (Å²) in [6.45, 7) is 2.57. The van der Waals surface area contributed by atoms with Gasteiger partial charge in [-0.05, 0) is 61.6 Å². The number of nitrogens with one attached hydrogen (secondary N) is 1. The third kappa shape index (κ3) is 3.94. The van der Waals surface area contributed by atoms with E-state index in [1.54, 1.807) is 35.4 Å². The molecule has 1 N–H and O–H groups in total. The van der Waals surface area contributed by atoms with E-state index in [0.29, 0.717) is 22.4 Å². The largest absolute Gasteiger partial charge is 0.337 e. The summed E-state index contributed by atoms with van der Waals surface area (Å²) in [5.74, 6) is -0.465. The molecule has 0 fully saturated rings. The lowest BCUT2D eigenvalue weighted by Gasteiger charge is -2.21. The van der Waals surface area contributed by atoms with Crippen molar-refractivity contribution in [2.24, 2.45) is 0 Å². The topological polar surface area (TPSA) is 41.0 Å². The first-order valence-corrected chi connectivity index (χ1v) is 9.29. The minimum atomic E-state index is -0.323. The second-order valence-corrected chi connectivity index (χ2v) is 7.04. The number of benzene rings is 2. The van der Waals surface area contributed by atoms with Crippen LogP contribution in [0.25, 0.3) is 5.69 Å². The van der Waals surface area contributed by atoms with E-state index in [0.717, 1.165) is 10.2 Å². The van der Waals surface area contributed by atoms with E-state index in [4.69, 9.17) is 12.2 Å². The molecule has 0 aliphatic carbocycles. The molecule has 1 aromatic heterocycles. The third-order valence-corrected chi connectivity index (χ3v) is 4.89. The van der Waals surface area contributed by atoms with Crippen molar-refractivity contribution in [3.05, 3.63) is 81.0 Å². The normalized spacial score (nSPS) is 10.7. The van der Waals surface area contributed by atoms with Gasteiger partial charge in [0.25, 0.3) is 5.91 Å². The quantitative estimate of drug-likeness (QED) is 0.568. The molecule has 0 saturated carbocycles. The SMILES string of the molecule is CCN(Cc1cc(Br)ccc1F)C(=O)c1ccc(-n2cc[nH]c2=S)cc1. The zero-order valence-electron chi connectivity index (χ0n) is 14.1. The Hall–Kier alpha value is -2.25. The van der Waals surface area contributed by atoms with E-state index in [1.807, 2.05) is 29.8 Å². The van der Waals surface area contributed by atoms with Gasteiger partial charge in [0.15, 0.2) is 4.77 Å². The second-order valence-electron chi connectivity index (χ2n) is 5.74. The highest BCUT2D eigenvalue weighted by molar-refractivity contribution is 9.10. The Morgan fingerprint density at radius 3 is 2.62 bits per heavy atom. The molecule has 0 radical (unpaired) electrons. The maximum absolute atomic E-state index is 14.0. The average Bonchev–Trinajstić information content (AvgIpc) is 3.08. The fraction of sp³-hybridized carbons (Fsp3) is 0.158. The molecule has 0 bridgehead atoms. The monoisotopic (exact) mass is 433 g/mol. The first-order valence-electron chi connectivity index (χ1n) is 8.09. The molecule has 26 heavy (non-hydrogen) atoms. The minimum absolute atomic E-state index is 0.143. The predicted molar refractivity (Wildman–Crippen MR) is 105 cm³/mol. The van der Waals surface area contributed by atoms with E-state index in [9.17, 15) is 9.18 Å². The van der Waals surface area contributed by atoms with Crippen LogP contribution in [0.3, 0.4) is 0 Å². The molecule has 3 rings (SSSR count). The Kier molecular flexibility index (Phi) is 5.68. The molecule has 7 heteroatoms. The lowest BCUT2D eigenvalue weighted by Crippen LogP contribution is -2.30. The van der Waals surface area contributed by atoms with E-state index < -0.39 is 0 Å². The number of hydrogen-bond donors (Lipinski definition) is 1. The highest BCUT2D eigenvalue weighted by atomic mass is 79.9. The summed E-state index contributed by atoms with van der Waals surface area (Å²) in [5, 5.41) is 0. The first kappa shape index (κ1) is 18.5. The van der Waals surface area contributed by atoms with E-state index in [2.05, 4.69) is 20.9 Å². The number of amides is 1. The van der Waals surface area contributed by atoms with Crippen LogP contribution < -0.4 is 0 Å². The van der Waals surface area contributed by atoms with Gasteiger partial charge in [0, 0.05) is 46.8 Å². The summed E-state index contributed by atoms with van der Waals surface area (Å²) in [6.07, 6.45) is 3.58. The van der Waals surface area contributed by atoms with Crippen LogP contribution in [0.15, 0.2) is 59.3 Å². The van der Waals surface area contributed by atoms with Crippen LogP contribution in [-0.2, 0) is 6.54 Å². The number of nitrogens with zero attached hydrogens (tertiary/aromatic N) is 2. The minimum Gasteiger partial charge on any atom is -0.337 e. The molecule has 134 valence electrons. The highest BCUT2D eigenvalue weighted by Gasteiger charge is 2.16. The molecule has 0 spiro atoms. The van der Waals surface area contributed by atoms with Gasteiger partial charge in [-0.15, -0.1) is 0 Å². The summed E-state index contributed by atoms with van der Waals surface area (Å²) in [4.78, 5) is 17.3. The Labute approximate surface area is 164 Å². The van der Waals surface area contributed by atoms with E-state index >= 15 is 0 Å². The zero-order chi connectivity index (χ0) is 18.7. The molecule has 0 unspecified atom stereocenters. The van der Waals surface area contributed by atoms with Crippen LogP contribution in [0.1, 0.15) is 22.8 Å². The molecule has 0 saturated heterocycles. The number of aromatic amines is 1. The number of halogens is 2. The fourth-order valence-corrected chi connectivity index (χ4v) is 3.31. The predicted octanol–water partition coefficient (Wildman–Crippen LogP) is 5.10. The molecule has 1 amide bonds. The molecule has 2 aromatic carbocycles. The van der Waals surface area contributed by atoms with Crippen LogP contribution in [-0.4, -0.2) is 26.9 Å². The molecule has 0 aliphatic heterocycles. The number of carbonyl (C=O) groups excluding carboxylic acids is 1. The van der Waals surface area contributed by atoms with Gasteiger partial charge in [-0.3, -0.25) is 9.36 Å². The summed E-state index contributed by atoms with van der Waals surface area (Å²) in [6, 6.07) is 11.9. The summed E-state index contributed by atoms with van der Waals surface area (Å²) in [5.41, 5.74) is 1.90. The highest BCUT2D eigenvalue weighted by Crippen LogP contribution is 2.19. The van der Waals surface area contributed by atoms with Gasteiger partial charge in [-0.2, -0.15) is 0 Å². The zero-order valence-corrected chi connectivity index (χ0v) is 16.5. The summed E-state index contributed by atoms with van der Waals surface area (Å²) in [7, 11) is 0. The Balaban J connectivity index is 1.81. The van der Waals surface area contributed by atoms with Gasteiger partial charge in [0.1, 0.15) is 5.82 Å². The van der Waals surface area contributed by atoms with Gasteiger partial charge in [-0.1, -0.05) is 15.9 Å². The van der Waals surface area contributed by atoms with Gasteiger partial charge < -0.3 is 9.88 Å². The number of carbonyl (C=O) groups is 1. The number of aromatic nitrogens is 2. The fourth-order valence-electron chi connectivity index (χ4n) is 2.67. The van der Waals surface area contributed by atoms with Crippen molar-refractivity contribution in [3.8, 4) is 5.69 Å². The van der Waals surface area contributed by atoms with Gasteiger partial charge in [-0.25, -0.2) is 4.39 Å². The van der Waals surface area contributed by atoms with Crippen molar-refractivity contribution in [3.63, 3.8) is 0 Å². The lowest BCUT2D eigenvalue weighted by molar-refractivity contribution is 0.0751. The molecular weight excluding hydrogens is 417 g/mol. The maximum Gasteiger partial charge on any atom is 0.254 e. The molecule has 4 nitrogen and oxygen atoms in total. The number of hydrogen-bond acceptors (Lipinski definition) is 2. The van der Waals surface area contributed by atoms with Crippen LogP contribution in [0.5, 0.6) is 0 Å². The molecule has 1 heterocycles. The van der Waals surface area contributed by atoms with Crippen molar-refractivity contribution in [1.29, 1.82) is 0 Å². The smallest absolute Gasteiger partial charge is 0.254 e. The molecule has 3 aromatic rings. The van der Waals surface area contributed by atoms with E-state index in [1.165, 1.54) is 6.07 Å². The van der Waals surface area contributed by atoms with Crippen LogP contribution in [0, 0.1) is 10.6 Å². The van der Waals surface area contributed by atoms with Crippen LogP contribution in [0.2, 0.25) is 0 Å². The maximum atomic E-state index is 14.0. The van der Waals surface area contributed by atoms with Crippen molar-refractivity contribution in [2.45, 2.75) is 13.5 Å². The summed E-state index contributed by atoms with van der Waals surface area (Å²) < 4.78 is 17.2. The van der Waals surface area contributed by atoms with Crippen LogP contribution >= 0.6 is 28.1 Å². The van der Waals surface area contributed by atoms with Crippen molar-refractivity contribution in [2.75, 3.05) is 6.54 Å². The molecular formula is C19H17BrFN3OS. The lowest BCUT2D eigenvalue weighted by atomic mass is 10.1. The number of rotatable bonds is 5. The Bertz CT molecular complexity index is 981. The summed E-state index contributed by atoms with van der Waals surface area (Å²) >= 11 is 8.54. The standard InChI is InChI=1S/C19H17BrFN3OS/c1-2-23(12-14-11-15(20)5-8-17(14)21)18(25)13-3-6-16(7-4-13)24-10-9-22-19(24)26/h3-11H,2,12H2,1H3,(H,22,26). The Morgan fingerprint density at radius 2 is 2.00 bits per heavy atom. The molecule has 0 aliphatic rings. The third-order valence-electron chi connectivity index (χ3n) is 4.08. The average molecular weight is 434 g/mol. The Morgan fingerprint density at radius 1 is 1.27 bits per heavy atom.